The summed E-state index contributed by atoms with van der Waals surface area (Å²) in [6, 6.07) is 8.84. The molecule has 0 bridgehead atoms. The third kappa shape index (κ3) is 5.92. The molecule has 152 valence electrons. The molecule has 8 heteroatoms. The van der Waals surface area contributed by atoms with Gasteiger partial charge in [0.05, 0.1) is 27.9 Å². The topological polar surface area (TPSA) is 60.0 Å². The Labute approximate surface area is 175 Å². The van der Waals surface area contributed by atoms with Gasteiger partial charge in [0.1, 0.15) is 5.75 Å². The first kappa shape index (κ1) is 22.1. The van der Waals surface area contributed by atoms with Crippen molar-refractivity contribution >= 4 is 29.1 Å². The maximum absolute atomic E-state index is 12.3. The lowest BCUT2D eigenvalue weighted by Gasteiger charge is -2.18. The minimum atomic E-state index is -0.121. The van der Waals surface area contributed by atoms with Crippen LogP contribution in [0.15, 0.2) is 30.3 Å². The van der Waals surface area contributed by atoms with Crippen LogP contribution in [0, 0.1) is 0 Å². The number of carbonyl (C=O) groups is 1. The Balaban J connectivity index is 1.96. The molecule has 28 heavy (non-hydrogen) atoms. The first-order valence-electron chi connectivity index (χ1n) is 8.56. The monoisotopic (exact) mass is 426 g/mol. The lowest BCUT2D eigenvalue weighted by Crippen LogP contribution is -2.34. The predicted octanol–water partition coefficient (Wildman–Crippen LogP) is 3.77. The minimum absolute atomic E-state index is 0.121. The molecule has 0 radical (unpaired) electrons. The standard InChI is InChI=1S/C20H24Cl2N2O4/c1-24(11-13-5-6-15(21)8-16(13)22)12-20(25)23-10-14-7-18(27-3)19(28-4)9-17(14)26-2/h5-9H,10-12H2,1-4H3,(H,23,25). The second-order valence-electron chi connectivity index (χ2n) is 6.20. The number of hydrogen-bond acceptors (Lipinski definition) is 5. The van der Waals surface area contributed by atoms with Crippen molar-refractivity contribution in [1.29, 1.82) is 0 Å². The van der Waals surface area contributed by atoms with Crippen LogP contribution < -0.4 is 19.5 Å². The average molecular weight is 427 g/mol. The number of likely N-dealkylation sites (N-methyl/N-ethyl adjacent to an activating group) is 1. The number of ether oxygens (including phenoxy) is 3. The van der Waals surface area contributed by atoms with Gasteiger partial charge < -0.3 is 19.5 Å². The van der Waals surface area contributed by atoms with E-state index < -0.39 is 0 Å². The Morgan fingerprint density at radius 3 is 2.21 bits per heavy atom. The third-order valence-corrected chi connectivity index (χ3v) is 4.72. The van der Waals surface area contributed by atoms with E-state index in [4.69, 9.17) is 37.4 Å². The molecule has 6 nitrogen and oxygen atoms in total. The van der Waals surface area contributed by atoms with Crippen molar-refractivity contribution < 1.29 is 19.0 Å². The molecule has 2 aromatic rings. The van der Waals surface area contributed by atoms with Crippen LogP contribution in [-0.4, -0.2) is 45.7 Å². The highest BCUT2D eigenvalue weighted by atomic mass is 35.5. The number of nitrogens with zero attached hydrogens (tertiary/aromatic N) is 1. The van der Waals surface area contributed by atoms with Gasteiger partial charge in [-0.25, -0.2) is 0 Å². The van der Waals surface area contributed by atoms with Crippen molar-refractivity contribution in [2.45, 2.75) is 13.1 Å². The highest BCUT2D eigenvalue weighted by Gasteiger charge is 2.14. The molecule has 0 aliphatic carbocycles. The number of carbonyl (C=O) groups excluding carboxylic acids is 1. The third-order valence-electron chi connectivity index (χ3n) is 4.13. The van der Waals surface area contributed by atoms with E-state index in [1.165, 1.54) is 0 Å². The van der Waals surface area contributed by atoms with E-state index >= 15 is 0 Å². The van der Waals surface area contributed by atoms with Crippen molar-refractivity contribution in [2.24, 2.45) is 0 Å². The van der Waals surface area contributed by atoms with E-state index in [0.717, 1.165) is 11.1 Å². The highest BCUT2D eigenvalue weighted by molar-refractivity contribution is 6.35. The maximum atomic E-state index is 12.3. The van der Waals surface area contributed by atoms with Gasteiger partial charge in [-0.1, -0.05) is 29.3 Å². The van der Waals surface area contributed by atoms with Gasteiger partial charge in [0.15, 0.2) is 11.5 Å². The summed E-state index contributed by atoms with van der Waals surface area (Å²) in [4.78, 5) is 14.2. The Kier molecular flexibility index (Phi) is 8.23. The lowest BCUT2D eigenvalue weighted by molar-refractivity contribution is -0.122. The zero-order valence-corrected chi connectivity index (χ0v) is 17.9. The summed E-state index contributed by atoms with van der Waals surface area (Å²) in [5.41, 5.74) is 1.69. The molecule has 0 saturated carbocycles. The Morgan fingerprint density at radius 1 is 0.964 bits per heavy atom. The van der Waals surface area contributed by atoms with Crippen LogP contribution in [0.5, 0.6) is 17.2 Å². The maximum Gasteiger partial charge on any atom is 0.234 e. The molecule has 0 unspecified atom stereocenters. The van der Waals surface area contributed by atoms with Crippen LogP contribution in [0.2, 0.25) is 10.0 Å². The molecule has 2 rings (SSSR count). The normalized spacial score (nSPS) is 10.7. The van der Waals surface area contributed by atoms with Crippen LogP contribution in [0.4, 0.5) is 0 Å². The molecule has 0 spiro atoms. The number of hydrogen-bond donors (Lipinski definition) is 1. The molecule has 0 heterocycles. The van der Waals surface area contributed by atoms with Gasteiger partial charge >= 0.3 is 0 Å². The summed E-state index contributed by atoms with van der Waals surface area (Å²) >= 11 is 12.1. The molecule has 0 saturated heterocycles. The van der Waals surface area contributed by atoms with E-state index in [9.17, 15) is 4.79 Å². The molecule has 0 aliphatic heterocycles. The van der Waals surface area contributed by atoms with Gasteiger partial charge in [-0.15, -0.1) is 0 Å². The second kappa shape index (κ2) is 10.4. The first-order chi connectivity index (χ1) is 13.4. The summed E-state index contributed by atoms with van der Waals surface area (Å²) in [5, 5.41) is 4.05. The van der Waals surface area contributed by atoms with E-state index in [0.29, 0.717) is 40.4 Å². The first-order valence-corrected chi connectivity index (χ1v) is 9.31. The van der Waals surface area contributed by atoms with Crippen molar-refractivity contribution in [3.63, 3.8) is 0 Å². The van der Waals surface area contributed by atoms with Crippen molar-refractivity contribution in [2.75, 3.05) is 34.9 Å². The lowest BCUT2D eigenvalue weighted by atomic mass is 10.1. The number of benzene rings is 2. The zero-order valence-electron chi connectivity index (χ0n) is 16.3. The Bertz CT molecular complexity index is 830. The molecular formula is C20H24Cl2N2O4. The van der Waals surface area contributed by atoms with Gasteiger partial charge in [-0.3, -0.25) is 9.69 Å². The molecule has 2 aromatic carbocycles. The van der Waals surface area contributed by atoms with Crippen LogP contribution in [0.25, 0.3) is 0 Å². The summed E-state index contributed by atoms with van der Waals surface area (Å²) < 4.78 is 16.0. The largest absolute Gasteiger partial charge is 0.496 e. The summed E-state index contributed by atoms with van der Waals surface area (Å²) in [6.45, 7) is 1.05. The molecule has 0 atom stereocenters. The van der Waals surface area contributed by atoms with Crippen molar-refractivity contribution in [3.8, 4) is 17.2 Å². The molecular weight excluding hydrogens is 403 g/mol. The van der Waals surface area contributed by atoms with Crippen molar-refractivity contribution in [1.82, 2.24) is 10.2 Å². The fraction of sp³-hybridized carbons (Fsp3) is 0.350. The summed E-state index contributed by atoms with van der Waals surface area (Å²) in [6.07, 6.45) is 0. The van der Waals surface area contributed by atoms with Crippen molar-refractivity contribution in [3.05, 3.63) is 51.5 Å². The fourth-order valence-corrected chi connectivity index (χ4v) is 3.19. The highest BCUT2D eigenvalue weighted by Crippen LogP contribution is 2.34. The van der Waals surface area contributed by atoms with E-state index in [2.05, 4.69) is 5.32 Å². The van der Waals surface area contributed by atoms with Crippen LogP contribution >= 0.6 is 23.2 Å². The molecule has 0 aliphatic rings. The van der Waals surface area contributed by atoms with E-state index in [1.807, 2.05) is 18.0 Å². The smallest absolute Gasteiger partial charge is 0.234 e. The average Bonchev–Trinajstić information content (AvgIpc) is 2.67. The molecule has 0 aromatic heterocycles. The summed E-state index contributed by atoms with van der Waals surface area (Å²) in [7, 11) is 6.53. The minimum Gasteiger partial charge on any atom is -0.496 e. The van der Waals surface area contributed by atoms with Gasteiger partial charge in [-0.05, 0) is 30.8 Å². The second-order valence-corrected chi connectivity index (χ2v) is 7.05. The SMILES string of the molecule is COc1cc(OC)c(OC)cc1CNC(=O)CN(C)Cc1ccc(Cl)cc1Cl. The van der Waals surface area contributed by atoms with Gasteiger partial charge in [0.25, 0.3) is 0 Å². The summed E-state index contributed by atoms with van der Waals surface area (Å²) in [5.74, 6) is 1.62. The number of halogens is 2. The van der Waals surface area contributed by atoms with Crippen LogP contribution in [0.3, 0.4) is 0 Å². The molecule has 0 fully saturated rings. The number of nitrogens with one attached hydrogen (secondary N) is 1. The predicted molar refractivity (Wildman–Crippen MR) is 111 cm³/mol. The fourth-order valence-electron chi connectivity index (χ4n) is 2.72. The van der Waals surface area contributed by atoms with E-state index in [1.54, 1.807) is 45.6 Å². The van der Waals surface area contributed by atoms with Gasteiger partial charge in [-0.2, -0.15) is 0 Å². The van der Waals surface area contributed by atoms with Crippen LogP contribution in [-0.2, 0) is 17.9 Å². The molecule has 1 N–H and O–H groups in total. The Hall–Kier alpha value is -2.15. The van der Waals surface area contributed by atoms with Gasteiger partial charge in [0.2, 0.25) is 5.91 Å². The molecule has 1 amide bonds. The number of rotatable bonds is 9. The van der Waals surface area contributed by atoms with Crippen LogP contribution in [0.1, 0.15) is 11.1 Å². The quantitative estimate of drug-likeness (QED) is 0.661. The number of methoxy groups -OCH3 is 3. The van der Waals surface area contributed by atoms with E-state index in [-0.39, 0.29) is 12.5 Å². The number of amides is 1. The van der Waals surface area contributed by atoms with Gasteiger partial charge in [0, 0.05) is 34.8 Å². The Morgan fingerprint density at radius 2 is 1.61 bits per heavy atom. The zero-order chi connectivity index (χ0) is 20.7.